The summed E-state index contributed by atoms with van der Waals surface area (Å²) >= 11 is 0. The second-order valence-electron chi connectivity index (χ2n) is 4.26. The van der Waals surface area contributed by atoms with Gasteiger partial charge >= 0.3 is 11.9 Å². The molecule has 1 saturated carbocycles. The lowest BCUT2D eigenvalue weighted by Gasteiger charge is -2.12. The molecule has 2 rings (SSSR count). The van der Waals surface area contributed by atoms with Crippen LogP contribution in [-0.2, 0) is 29.9 Å². The lowest BCUT2D eigenvalue weighted by molar-refractivity contribution is -0.161. The van der Waals surface area contributed by atoms with Gasteiger partial charge in [-0.2, -0.15) is 0 Å². The summed E-state index contributed by atoms with van der Waals surface area (Å²) in [6.45, 7) is 0. The van der Waals surface area contributed by atoms with Crippen molar-refractivity contribution in [2.24, 2.45) is 5.41 Å². The van der Waals surface area contributed by atoms with Crippen molar-refractivity contribution in [2.45, 2.75) is 16.6 Å². The van der Waals surface area contributed by atoms with E-state index in [1.54, 1.807) is 24.3 Å². The third kappa shape index (κ3) is 2.16. The maximum atomic E-state index is 12.4. The average Bonchev–Trinajstić information content (AvgIpc) is 3.22. The molecule has 0 amide bonds. The van der Waals surface area contributed by atoms with E-state index >= 15 is 0 Å². The Morgan fingerprint density at radius 2 is 1.68 bits per heavy atom. The monoisotopic (exact) mass is 282 g/mol. The Bertz CT molecular complexity index is 509. The number of hydrogen-bond donors (Lipinski definition) is 0. The maximum absolute atomic E-state index is 12.4. The number of carbonyl (C=O) groups excluding carboxylic acids is 2. The zero-order valence-corrected chi connectivity index (χ0v) is 11.4. The van der Waals surface area contributed by atoms with E-state index in [-0.39, 0.29) is 6.42 Å². The van der Waals surface area contributed by atoms with Crippen LogP contribution < -0.4 is 0 Å². The van der Waals surface area contributed by atoms with Crippen molar-refractivity contribution in [1.29, 1.82) is 0 Å². The van der Waals surface area contributed by atoms with Crippen LogP contribution >= 0.6 is 0 Å². The Labute approximate surface area is 113 Å². The molecule has 102 valence electrons. The van der Waals surface area contributed by atoms with E-state index in [2.05, 4.69) is 9.47 Å². The van der Waals surface area contributed by atoms with Crippen LogP contribution in [0.4, 0.5) is 0 Å². The molecule has 2 unspecified atom stereocenters. The van der Waals surface area contributed by atoms with Gasteiger partial charge in [-0.1, -0.05) is 18.2 Å². The van der Waals surface area contributed by atoms with Gasteiger partial charge in [-0.05, 0) is 18.6 Å². The zero-order valence-electron chi connectivity index (χ0n) is 10.6. The van der Waals surface area contributed by atoms with Gasteiger partial charge < -0.3 is 9.47 Å². The molecule has 1 aliphatic carbocycles. The van der Waals surface area contributed by atoms with E-state index in [9.17, 15) is 13.8 Å². The molecule has 5 nitrogen and oxygen atoms in total. The lowest BCUT2D eigenvalue weighted by Crippen LogP contribution is -2.32. The van der Waals surface area contributed by atoms with Gasteiger partial charge in [0.05, 0.1) is 30.3 Å². The number of benzene rings is 1. The maximum Gasteiger partial charge on any atom is 0.324 e. The van der Waals surface area contributed by atoms with Crippen molar-refractivity contribution in [3.05, 3.63) is 30.3 Å². The fraction of sp³-hybridized carbons (Fsp3) is 0.385. The Kier molecular flexibility index (Phi) is 3.71. The molecule has 6 heteroatoms. The molecular weight excluding hydrogens is 268 g/mol. The van der Waals surface area contributed by atoms with Gasteiger partial charge in [0.25, 0.3) is 0 Å². The quantitative estimate of drug-likeness (QED) is 0.606. The molecule has 0 aliphatic heterocycles. The summed E-state index contributed by atoms with van der Waals surface area (Å²) in [7, 11) is 0.965. The molecule has 1 aromatic rings. The predicted octanol–water partition coefficient (Wildman–Crippen LogP) is 0.899. The van der Waals surface area contributed by atoms with Crippen molar-refractivity contribution in [3.63, 3.8) is 0 Å². The second-order valence-corrected chi connectivity index (χ2v) is 5.89. The summed E-state index contributed by atoms with van der Waals surface area (Å²) in [4.78, 5) is 24.2. The fourth-order valence-corrected chi connectivity index (χ4v) is 3.81. The molecule has 2 atom stereocenters. The normalized spacial score (nSPS) is 21.3. The van der Waals surface area contributed by atoms with E-state index in [1.807, 2.05) is 6.07 Å². The van der Waals surface area contributed by atoms with Crippen LogP contribution in [0.1, 0.15) is 6.42 Å². The van der Waals surface area contributed by atoms with Crippen LogP contribution in [0.3, 0.4) is 0 Å². The Hall–Kier alpha value is -1.69. The molecule has 0 aromatic heterocycles. The Morgan fingerprint density at radius 1 is 1.16 bits per heavy atom. The van der Waals surface area contributed by atoms with Crippen LogP contribution in [-0.4, -0.2) is 35.6 Å². The molecule has 0 spiro atoms. The number of rotatable bonds is 4. The highest BCUT2D eigenvalue weighted by molar-refractivity contribution is 7.86. The molecule has 1 fully saturated rings. The number of esters is 2. The minimum absolute atomic E-state index is 0.188. The second kappa shape index (κ2) is 5.13. The summed E-state index contributed by atoms with van der Waals surface area (Å²) in [5.41, 5.74) is -1.41. The minimum Gasteiger partial charge on any atom is -0.468 e. The fourth-order valence-electron chi connectivity index (χ4n) is 2.09. The van der Waals surface area contributed by atoms with Crippen LogP contribution in [0.5, 0.6) is 0 Å². The van der Waals surface area contributed by atoms with Crippen molar-refractivity contribution in [3.8, 4) is 0 Å². The Morgan fingerprint density at radius 3 is 2.16 bits per heavy atom. The number of hydrogen-bond acceptors (Lipinski definition) is 5. The number of methoxy groups -OCH3 is 2. The summed E-state index contributed by atoms with van der Waals surface area (Å²) in [6, 6.07) is 8.73. The molecule has 0 N–H and O–H groups in total. The Balaban J connectivity index is 2.27. The van der Waals surface area contributed by atoms with Crippen LogP contribution in [0, 0.1) is 5.41 Å². The standard InChI is InChI=1S/C13H14O5S/c1-17-11(14)13(12(15)18-2)8-10(13)19(16)9-6-4-3-5-7-9/h3-7,10H,8H2,1-2H3. The van der Waals surface area contributed by atoms with Gasteiger partial charge in [0.15, 0.2) is 5.41 Å². The van der Waals surface area contributed by atoms with Crippen molar-refractivity contribution >= 4 is 22.7 Å². The highest BCUT2D eigenvalue weighted by atomic mass is 32.2. The molecule has 19 heavy (non-hydrogen) atoms. The van der Waals surface area contributed by atoms with Crippen LogP contribution in [0.15, 0.2) is 35.2 Å². The molecule has 0 heterocycles. The van der Waals surface area contributed by atoms with Gasteiger partial charge in [0, 0.05) is 4.90 Å². The average molecular weight is 282 g/mol. The summed E-state index contributed by atoms with van der Waals surface area (Å²) in [5, 5.41) is -0.588. The van der Waals surface area contributed by atoms with Gasteiger partial charge in [0.2, 0.25) is 0 Å². The topological polar surface area (TPSA) is 69.7 Å². The first-order valence-corrected chi connectivity index (χ1v) is 6.91. The molecule has 0 bridgehead atoms. The minimum atomic E-state index is -1.44. The molecule has 1 aromatic carbocycles. The smallest absolute Gasteiger partial charge is 0.324 e. The highest BCUT2D eigenvalue weighted by Crippen LogP contribution is 2.52. The van der Waals surface area contributed by atoms with Crippen LogP contribution in [0.25, 0.3) is 0 Å². The van der Waals surface area contributed by atoms with E-state index in [1.165, 1.54) is 14.2 Å². The van der Waals surface area contributed by atoms with Gasteiger partial charge in [-0.3, -0.25) is 13.8 Å². The van der Waals surface area contributed by atoms with E-state index in [0.29, 0.717) is 4.90 Å². The highest BCUT2D eigenvalue weighted by Gasteiger charge is 2.70. The van der Waals surface area contributed by atoms with Gasteiger partial charge in [-0.15, -0.1) is 0 Å². The first-order chi connectivity index (χ1) is 9.07. The first kappa shape index (κ1) is 13.7. The zero-order chi connectivity index (χ0) is 14.0. The van der Waals surface area contributed by atoms with Crippen molar-refractivity contribution < 1.29 is 23.3 Å². The van der Waals surface area contributed by atoms with Crippen LogP contribution in [0.2, 0.25) is 0 Å². The summed E-state index contributed by atoms with van der Waals surface area (Å²) in [6.07, 6.45) is 0.188. The predicted molar refractivity (Wildman–Crippen MR) is 67.7 cm³/mol. The third-order valence-electron chi connectivity index (χ3n) is 3.23. The largest absolute Gasteiger partial charge is 0.468 e. The van der Waals surface area contributed by atoms with Crippen molar-refractivity contribution in [1.82, 2.24) is 0 Å². The SMILES string of the molecule is COC(=O)C1(C(=O)OC)CC1S(=O)c1ccccc1. The molecule has 0 radical (unpaired) electrons. The first-order valence-electron chi connectivity index (χ1n) is 5.70. The van der Waals surface area contributed by atoms with E-state index < -0.39 is 33.4 Å². The van der Waals surface area contributed by atoms with Gasteiger partial charge in [-0.25, -0.2) is 0 Å². The molecular formula is C13H14O5S. The van der Waals surface area contributed by atoms with E-state index in [4.69, 9.17) is 0 Å². The number of ether oxygens (including phenoxy) is 2. The van der Waals surface area contributed by atoms with E-state index in [0.717, 1.165) is 0 Å². The summed E-state index contributed by atoms with van der Waals surface area (Å²) < 4.78 is 21.6. The molecule has 0 saturated heterocycles. The van der Waals surface area contributed by atoms with Crippen molar-refractivity contribution in [2.75, 3.05) is 14.2 Å². The number of carbonyl (C=O) groups is 2. The van der Waals surface area contributed by atoms with Gasteiger partial charge in [0.1, 0.15) is 0 Å². The molecule has 1 aliphatic rings. The summed E-state index contributed by atoms with van der Waals surface area (Å²) in [5.74, 6) is -1.37. The lowest BCUT2D eigenvalue weighted by atomic mass is 10.1. The third-order valence-corrected chi connectivity index (χ3v) is 5.05.